The van der Waals surface area contributed by atoms with Gasteiger partial charge in [0.1, 0.15) is 11.6 Å². The van der Waals surface area contributed by atoms with E-state index in [2.05, 4.69) is 9.82 Å². The SMILES string of the molecule is O=S(=O)(NCCn1ncc2c1CCOC2)c1c(F)cccc1F. The summed E-state index contributed by atoms with van der Waals surface area (Å²) >= 11 is 0. The first-order valence-corrected chi connectivity index (χ1v) is 8.52. The van der Waals surface area contributed by atoms with E-state index in [0.29, 0.717) is 19.6 Å². The molecule has 0 radical (unpaired) electrons. The molecule has 1 aromatic heterocycles. The van der Waals surface area contributed by atoms with Gasteiger partial charge in [0, 0.05) is 24.2 Å². The lowest BCUT2D eigenvalue weighted by molar-refractivity contribution is 0.109. The van der Waals surface area contributed by atoms with Crippen molar-refractivity contribution in [3.8, 4) is 0 Å². The fourth-order valence-electron chi connectivity index (χ4n) is 2.50. The van der Waals surface area contributed by atoms with Crippen LogP contribution in [0.2, 0.25) is 0 Å². The van der Waals surface area contributed by atoms with Gasteiger partial charge in [-0.3, -0.25) is 4.68 Å². The summed E-state index contributed by atoms with van der Waals surface area (Å²) in [6.45, 7) is 1.32. The molecule has 2 heterocycles. The van der Waals surface area contributed by atoms with E-state index in [4.69, 9.17) is 4.74 Å². The van der Waals surface area contributed by atoms with Crippen molar-refractivity contribution in [2.75, 3.05) is 13.2 Å². The summed E-state index contributed by atoms with van der Waals surface area (Å²) in [6.07, 6.45) is 2.38. The smallest absolute Gasteiger partial charge is 0.246 e. The maximum atomic E-state index is 13.6. The lowest BCUT2D eigenvalue weighted by atomic mass is 10.2. The highest BCUT2D eigenvalue weighted by molar-refractivity contribution is 7.89. The summed E-state index contributed by atoms with van der Waals surface area (Å²) in [7, 11) is -4.26. The molecule has 3 rings (SSSR count). The Bertz CT molecular complexity index is 800. The molecular formula is C14H15F2N3O3S. The molecule has 1 aliphatic rings. The van der Waals surface area contributed by atoms with E-state index in [1.807, 2.05) is 0 Å². The number of ether oxygens (including phenoxy) is 1. The summed E-state index contributed by atoms with van der Waals surface area (Å²) < 4.78 is 60.4. The summed E-state index contributed by atoms with van der Waals surface area (Å²) in [5.74, 6) is -2.24. The molecule has 9 heteroatoms. The summed E-state index contributed by atoms with van der Waals surface area (Å²) in [6, 6.07) is 2.92. The molecule has 23 heavy (non-hydrogen) atoms. The standard InChI is InChI=1S/C14H15F2N3O3S/c15-11-2-1-3-12(16)14(11)23(20,21)18-5-6-19-13-4-7-22-9-10(13)8-17-19/h1-3,8,18H,4-7,9H2. The second kappa shape index (κ2) is 6.34. The van der Waals surface area contributed by atoms with Gasteiger partial charge in [0.2, 0.25) is 10.0 Å². The molecule has 0 atom stereocenters. The third-order valence-electron chi connectivity index (χ3n) is 3.58. The molecule has 0 bridgehead atoms. The van der Waals surface area contributed by atoms with Crippen LogP contribution in [0.15, 0.2) is 29.3 Å². The van der Waals surface area contributed by atoms with Gasteiger partial charge >= 0.3 is 0 Å². The first kappa shape index (κ1) is 16.0. The van der Waals surface area contributed by atoms with E-state index in [9.17, 15) is 17.2 Å². The predicted molar refractivity (Wildman–Crippen MR) is 77.1 cm³/mol. The van der Waals surface area contributed by atoms with Crippen LogP contribution in [-0.4, -0.2) is 31.3 Å². The molecular weight excluding hydrogens is 328 g/mol. The largest absolute Gasteiger partial charge is 0.376 e. The Kier molecular flexibility index (Phi) is 4.42. The van der Waals surface area contributed by atoms with Crippen LogP contribution in [0.4, 0.5) is 8.78 Å². The van der Waals surface area contributed by atoms with Crippen LogP contribution < -0.4 is 4.72 Å². The molecule has 0 saturated heterocycles. The van der Waals surface area contributed by atoms with Crippen molar-refractivity contribution in [3.05, 3.63) is 47.3 Å². The van der Waals surface area contributed by atoms with Crippen molar-refractivity contribution in [2.45, 2.75) is 24.5 Å². The number of nitrogens with one attached hydrogen (secondary N) is 1. The minimum Gasteiger partial charge on any atom is -0.376 e. The number of hydrogen-bond acceptors (Lipinski definition) is 4. The first-order chi connectivity index (χ1) is 11.0. The Morgan fingerprint density at radius 1 is 1.30 bits per heavy atom. The summed E-state index contributed by atoms with van der Waals surface area (Å²) in [5, 5.41) is 4.18. The number of sulfonamides is 1. The molecule has 1 aromatic carbocycles. The molecule has 124 valence electrons. The van der Waals surface area contributed by atoms with Crippen LogP contribution in [0.1, 0.15) is 11.3 Å². The van der Waals surface area contributed by atoms with Crippen LogP contribution >= 0.6 is 0 Å². The molecule has 0 unspecified atom stereocenters. The van der Waals surface area contributed by atoms with E-state index < -0.39 is 26.6 Å². The molecule has 1 N–H and O–H groups in total. The Hall–Kier alpha value is -1.84. The predicted octanol–water partition coefficient (Wildman–Crippen LogP) is 1.21. The normalized spacial score (nSPS) is 14.7. The van der Waals surface area contributed by atoms with Crippen molar-refractivity contribution in [1.29, 1.82) is 0 Å². The lowest BCUT2D eigenvalue weighted by Crippen LogP contribution is -2.30. The van der Waals surface area contributed by atoms with Gasteiger partial charge < -0.3 is 4.74 Å². The number of rotatable bonds is 5. The quantitative estimate of drug-likeness (QED) is 0.886. The number of benzene rings is 1. The monoisotopic (exact) mass is 343 g/mol. The molecule has 1 aliphatic heterocycles. The van der Waals surface area contributed by atoms with Crippen molar-refractivity contribution in [3.63, 3.8) is 0 Å². The van der Waals surface area contributed by atoms with Crippen molar-refractivity contribution < 1.29 is 21.9 Å². The van der Waals surface area contributed by atoms with Crippen molar-refractivity contribution >= 4 is 10.0 Å². The zero-order valence-corrected chi connectivity index (χ0v) is 12.9. The second-order valence-electron chi connectivity index (χ2n) is 5.09. The molecule has 0 fully saturated rings. The highest BCUT2D eigenvalue weighted by atomic mass is 32.2. The van der Waals surface area contributed by atoms with Crippen LogP contribution in [-0.2, 0) is 34.3 Å². The Labute approximate surface area is 132 Å². The van der Waals surface area contributed by atoms with E-state index in [1.54, 1.807) is 10.9 Å². The van der Waals surface area contributed by atoms with Gasteiger partial charge in [-0.25, -0.2) is 21.9 Å². The van der Waals surface area contributed by atoms with Gasteiger partial charge in [0.25, 0.3) is 0 Å². The number of aromatic nitrogens is 2. The molecule has 0 saturated carbocycles. The van der Waals surface area contributed by atoms with E-state index in [0.717, 1.165) is 29.5 Å². The molecule has 0 aliphatic carbocycles. The summed E-state index contributed by atoms with van der Waals surface area (Å²) in [4.78, 5) is -0.962. The third-order valence-corrected chi connectivity index (χ3v) is 5.09. The van der Waals surface area contributed by atoms with Crippen LogP contribution in [0.3, 0.4) is 0 Å². The molecule has 0 spiro atoms. The zero-order valence-electron chi connectivity index (χ0n) is 12.1. The number of hydrogen-bond donors (Lipinski definition) is 1. The van der Waals surface area contributed by atoms with Crippen LogP contribution in [0.25, 0.3) is 0 Å². The fraction of sp³-hybridized carbons (Fsp3) is 0.357. The van der Waals surface area contributed by atoms with Crippen molar-refractivity contribution in [2.24, 2.45) is 0 Å². The number of fused-ring (bicyclic) bond motifs is 1. The first-order valence-electron chi connectivity index (χ1n) is 7.04. The second-order valence-corrected chi connectivity index (χ2v) is 6.79. The van der Waals surface area contributed by atoms with Crippen LogP contribution in [0, 0.1) is 11.6 Å². The Morgan fingerprint density at radius 2 is 2.04 bits per heavy atom. The summed E-state index contributed by atoms with van der Waals surface area (Å²) in [5.41, 5.74) is 1.96. The zero-order chi connectivity index (χ0) is 16.4. The van der Waals surface area contributed by atoms with Crippen LogP contribution in [0.5, 0.6) is 0 Å². The maximum absolute atomic E-state index is 13.6. The maximum Gasteiger partial charge on any atom is 0.246 e. The molecule has 0 amide bonds. The van der Waals surface area contributed by atoms with E-state index in [1.165, 1.54) is 0 Å². The fourth-order valence-corrected chi connectivity index (χ4v) is 3.65. The minimum absolute atomic E-state index is 0.0227. The Morgan fingerprint density at radius 3 is 2.78 bits per heavy atom. The topological polar surface area (TPSA) is 73.2 Å². The average Bonchev–Trinajstić information content (AvgIpc) is 2.90. The van der Waals surface area contributed by atoms with Gasteiger partial charge in [-0.2, -0.15) is 5.10 Å². The van der Waals surface area contributed by atoms with Crippen molar-refractivity contribution in [1.82, 2.24) is 14.5 Å². The third kappa shape index (κ3) is 3.26. The highest BCUT2D eigenvalue weighted by Crippen LogP contribution is 2.18. The average molecular weight is 343 g/mol. The highest BCUT2D eigenvalue weighted by Gasteiger charge is 2.23. The number of halogens is 2. The van der Waals surface area contributed by atoms with E-state index in [-0.39, 0.29) is 13.1 Å². The van der Waals surface area contributed by atoms with Gasteiger partial charge in [-0.05, 0) is 12.1 Å². The Balaban J connectivity index is 1.70. The minimum atomic E-state index is -4.26. The van der Waals surface area contributed by atoms with Gasteiger partial charge in [-0.1, -0.05) is 6.07 Å². The van der Waals surface area contributed by atoms with Gasteiger partial charge in [-0.15, -0.1) is 0 Å². The van der Waals surface area contributed by atoms with Gasteiger partial charge in [0.05, 0.1) is 26.0 Å². The molecule has 6 nitrogen and oxygen atoms in total. The lowest BCUT2D eigenvalue weighted by Gasteiger charge is -2.15. The van der Waals surface area contributed by atoms with Gasteiger partial charge in [0.15, 0.2) is 4.90 Å². The molecule has 2 aromatic rings. The van der Waals surface area contributed by atoms with E-state index >= 15 is 0 Å². The number of nitrogens with zero attached hydrogens (tertiary/aromatic N) is 2.